The zero-order valence-electron chi connectivity index (χ0n) is 8.88. The summed E-state index contributed by atoms with van der Waals surface area (Å²) in [5, 5.41) is 15.4. The van der Waals surface area contributed by atoms with Crippen LogP contribution in [0.15, 0.2) is 16.6 Å². The highest BCUT2D eigenvalue weighted by Crippen LogP contribution is 2.37. The van der Waals surface area contributed by atoms with Gasteiger partial charge in [-0.25, -0.2) is 0 Å². The molecular weight excluding hydrogens is 272 g/mol. The average molecular weight is 285 g/mol. The van der Waals surface area contributed by atoms with Crippen LogP contribution in [0.1, 0.15) is 24.9 Å². The molecule has 0 bridgehead atoms. The summed E-state index contributed by atoms with van der Waals surface area (Å²) in [6.07, 6.45) is 0.971. The smallest absolute Gasteiger partial charge is 0.246 e. The normalized spacial score (nSPS) is 18.4. The average Bonchev–Trinajstić information content (AvgIpc) is 2.52. The Kier molecular flexibility index (Phi) is 3.16. The molecule has 3 N–H and O–H groups in total. The van der Waals surface area contributed by atoms with Crippen molar-refractivity contribution >= 4 is 27.5 Å². The minimum absolute atomic E-state index is 0.0686. The minimum Gasteiger partial charge on any atom is -0.507 e. The summed E-state index contributed by atoms with van der Waals surface area (Å²) in [5.74, 6) is 0.0659. The van der Waals surface area contributed by atoms with E-state index in [1.54, 1.807) is 12.1 Å². The summed E-state index contributed by atoms with van der Waals surface area (Å²) in [6, 6.07) is 3.02. The largest absolute Gasteiger partial charge is 0.507 e. The van der Waals surface area contributed by atoms with Gasteiger partial charge in [-0.2, -0.15) is 0 Å². The fourth-order valence-corrected chi connectivity index (χ4v) is 2.12. The summed E-state index contributed by atoms with van der Waals surface area (Å²) >= 11 is 3.25. The Morgan fingerprint density at radius 1 is 1.56 bits per heavy atom. The highest BCUT2D eigenvalue weighted by molar-refractivity contribution is 9.10. The quantitative estimate of drug-likeness (QED) is 0.797. The molecule has 4 nitrogen and oxygen atoms in total. The lowest BCUT2D eigenvalue weighted by Gasteiger charge is -2.10. The van der Waals surface area contributed by atoms with Crippen LogP contribution < -0.4 is 10.6 Å². The van der Waals surface area contributed by atoms with E-state index in [-0.39, 0.29) is 17.7 Å². The predicted molar refractivity (Wildman–Crippen MR) is 65.5 cm³/mol. The molecule has 2 rings (SSSR count). The second kappa shape index (κ2) is 4.43. The number of carbonyl (C=O) groups excluding carboxylic acids is 1. The van der Waals surface area contributed by atoms with Crippen molar-refractivity contribution in [1.29, 1.82) is 0 Å². The molecule has 0 saturated carbocycles. The third-order valence-corrected chi connectivity index (χ3v) is 3.18. The van der Waals surface area contributed by atoms with Gasteiger partial charge in [0.05, 0.1) is 4.47 Å². The van der Waals surface area contributed by atoms with Crippen LogP contribution in [-0.4, -0.2) is 17.6 Å². The molecule has 0 fully saturated rings. The summed E-state index contributed by atoms with van der Waals surface area (Å²) in [4.78, 5) is 11.7. The van der Waals surface area contributed by atoms with Crippen molar-refractivity contribution in [3.63, 3.8) is 0 Å². The number of anilines is 1. The number of carbonyl (C=O) groups is 1. The number of hydrogen-bond acceptors (Lipinski definition) is 3. The van der Waals surface area contributed by atoms with Gasteiger partial charge in [-0.05, 0) is 35.0 Å². The number of phenolic OH excluding ortho intramolecular Hbond substituents is 1. The van der Waals surface area contributed by atoms with Crippen molar-refractivity contribution in [3.8, 4) is 5.75 Å². The fraction of sp³-hybridized carbons (Fsp3) is 0.364. The van der Waals surface area contributed by atoms with E-state index >= 15 is 0 Å². The van der Waals surface area contributed by atoms with Crippen LogP contribution in [0.5, 0.6) is 5.75 Å². The molecule has 0 radical (unpaired) electrons. The van der Waals surface area contributed by atoms with Gasteiger partial charge in [-0.15, -0.1) is 0 Å². The van der Waals surface area contributed by atoms with Gasteiger partial charge >= 0.3 is 0 Å². The highest BCUT2D eigenvalue weighted by atomic mass is 79.9. The van der Waals surface area contributed by atoms with E-state index in [1.807, 2.05) is 6.92 Å². The lowest BCUT2D eigenvalue weighted by Crippen LogP contribution is -2.27. The third kappa shape index (κ3) is 1.92. The first kappa shape index (κ1) is 11.4. The van der Waals surface area contributed by atoms with Gasteiger partial charge in [0.25, 0.3) is 0 Å². The molecule has 1 aliphatic rings. The van der Waals surface area contributed by atoms with E-state index < -0.39 is 0 Å². The predicted octanol–water partition coefficient (Wildman–Crippen LogP) is 2.15. The summed E-state index contributed by atoms with van der Waals surface area (Å²) in [5.41, 5.74) is 1.56. The highest BCUT2D eigenvalue weighted by Gasteiger charge is 2.30. The number of aromatic hydroxyl groups is 1. The first-order chi connectivity index (χ1) is 7.63. The van der Waals surface area contributed by atoms with Crippen molar-refractivity contribution < 1.29 is 9.90 Å². The van der Waals surface area contributed by atoms with E-state index in [9.17, 15) is 9.90 Å². The summed E-state index contributed by atoms with van der Waals surface area (Å²) in [6.45, 7) is 2.84. The molecule has 86 valence electrons. The molecule has 1 aliphatic heterocycles. The van der Waals surface area contributed by atoms with Crippen molar-refractivity contribution in [1.82, 2.24) is 5.32 Å². The molecule has 1 heterocycles. The molecule has 0 aliphatic carbocycles. The number of hydrogen-bond donors (Lipinski definition) is 3. The number of rotatable bonds is 3. The van der Waals surface area contributed by atoms with Crippen LogP contribution >= 0.6 is 15.9 Å². The van der Waals surface area contributed by atoms with Crippen LogP contribution in [-0.2, 0) is 4.79 Å². The fourth-order valence-electron chi connectivity index (χ4n) is 1.76. The van der Waals surface area contributed by atoms with Crippen LogP contribution in [0.2, 0.25) is 0 Å². The zero-order valence-corrected chi connectivity index (χ0v) is 10.5. The Morgan fingerprint density at radius 3 is 3.00 bits per heavy atom. The van der Waals surface area contributed by atoms with Gasteiger partial charge in [-0.3, -0.25) is 4.79 Å². The maximum Gasteiger partial charge on any atom is 0.246 e. The number of halogens is 1. The molecule has 5 heteroatoms. The van der Waals surface area contributed by atoms with Gasteiger partial charge in [0, 0.05) is 17.3 Å². The summed E-state index contributed by atoms with van der Waals surface area (Å²) < 4.78 is 0.603. The maximum absolute atomic E-state index is 11.7. The Morgan fingerprint density at radius 2 is 2.31 bits per heavy atom. The molecule has 1 aromatic rings. The second-order valence-corrected chi connectivity index (χ2v) is 4.62. The lowest BCUT2D eigenvalue weighted by molar-refractivity contribution is -0.117. The minimum atomic E-state index is -0.313. The Hall–Kier alpha value is -1.07. The van der Waals surface area contributed by atoms with E-state index in [0.717, 1.165) is 18.5 Å². The molecule has 1 amide bonds. The molecule has 1 aromatic carbocycles. The van der Waals surface area contributed by atoms with Crippen LogP contribution in [0.25, 0.3) is 0 Å². The molecule has 0 aromatic heterocycles. The Bertz CT molecular complexity index is 434. The molecule has 16 heavy (non-hydrogen) atoms. The number of nitrogens with one attached hydrogen (secondary N) is 2. The van der Waals surface area contributed by atoms with Crippen LogP contribution in [0.4, 0.5) is 5.69 Å². The van der Waals surface area contributed by atoms with Crippen molar-refractivity contribution in [2.24, 2.45) is 0 Å². The van der Waals surface area contributed by atoms with Gasteiger partial charge in [0.2, 0.25) is 5.91 Å². The number of fused-ring (bicyclic) bond motifs is 1. The molecule has 0 saturated heterocycles. The van der Waals surface area contributed by atoms with E-state index in [1.165, 1.54) is 0 Å². The van der Waals surface area contributed by atoms with Gasteiger partial charge in [0.1, 0.15) is 11.8 Å². The zero-order chi connectivity index (χ0) is 11.7. The Labute approximate surface area is 102 Å². The Balaban J connectivity index is 2.33. The number of phenols is 1. The van der Waals surface area contributed by atoms with E-state index in [2.05, 4.69) is 26.6 Å². The van der Waals surface area contributed by atoms with Crippen molar-refractivity contribution in [2.75, 3.05) is 11.9 Å². The second-order valence-electron chi connectivity index (χ2n) is 3.77. The molecule has 1 unspecified atom stereocenters. The maximum atomic E-state index is 11.7. The van der Waals surface area contributed by atoms with Gasteiger partial charge in [0.15, 0.2) is 0 Å². The lowest BCUT2D eigenvalue weighted by atomic mass is 10.1. The van der Waals surface area contributed by atoms with Gasteiger partial charge in [-0.1, -0.05) is 6.92 Å². The monoisotopic (exact) mass is 284 g/mol. The molecular formula is C11H13BrN2O2. The van der Waals surface area contributed by atoms with E-state index in [0.29, 0.717) is 10.2 Å². The first-order valence-electron chi connectivity index (χ1n) is 5.20. The van der Waals surface area contributed by atoms with Gasteiger partial charge < -0.3 is 15.7 Å². The standard InChI is InChI=1S/C11H13BrN2O2/c1-2-3-13-10-6-4-7(12)9(15)5-8(6)14-11(10)16/h4-5,10,13,15H,2-3H2,1H3,(H,14,16). The first-order valence-corrected chi connectivity index (χ1v) is 5.99. The summed E-state index contributed by atoms with van der Waals surface area (Å²) in [7, 11) is 0. The van der Waals surface area contributed by atoms with E-state index in [4.69, 9.17) is 0 Å². The van der Waals surface area contributed by atoms with Crippen LogP contribution in [0.3, 0.4) is 0 Å². The molecule has 0 spiro atoms. The van der Waals surface area contributed by atoms with Crippen molar-refractivity contribution in [3.05, 3.63) is 22.2 Å². The SMILES string of the molecule is CCCNC1C(=O)Nc2cc(O)c(Br)cc21. The number of amides is 1. The number of benzene rings is 1. The van der Waals surface area contributed by atoms with Crippen molar-refractivity contribution in [2.45, 2.75) is 19.4 Å². The third-order valence-electron chi connectivity index (χ3n) is 2.55. The topological polar surface area (TPSA) is 61.4 Å². The molecule has 1 atom stereocenters. The van der Waals surface area contributed by atoms with Crippen LogP contribution in [0, 0.1) is 0 Å².